The highest BCUT2D eigenvalue weighted by Crippen LogP contribution is 2.30. The van der Waals surface area contributed by atoms with Crippen molar-refractivity contribution in [2.24, 2.45) is 0 Å². The van der Waals surface area contributed by atoms with Crippen molar-refractivity contribution in [3.63, 3.8) is 0 Å². The number of nitrogens with zero attached hydrogens (tertiary/aromatic N) is 4. The van der Waals surface area contributed by atoms with E-state index in [0.29, 0.717) is 5.56 Å². The molecule has 0 saturated heterocycles. The van der Waals surface area contributed by atoms with Crippen LogP contribution < -0.4 is 5.32 Å². The van der Waals surface area contributed by atoms with Gasteiger partial charge in [-0.25, -0.2) is 9.97 Å². The van der Waals surface area contributed by atoms with Crippen molar-refractivity contribution in [1.29, 1.82) is 0 Å². The van der Waals surface area contributed by atoms with Crippen molar-refractivity contribution in [3.8, 4) is 11.4 Å². The van der Waals surface area contributed by atoms with E-state index in [1.165, 1.54) is 29.4 Å². The number of hydrogen-bond acceptors (Lipinski definition) is 5. The smallest absolute Gasteiger partial charge is 0.369 e. The van der Waals surface area contributed by atoms with Gasteiger partial charge >= 0.3 is 6.18 Å². The molecule has 0 aromatic carbocycles. The quantitative estimate of drug-likeness (QED) is 0.906. The summed E-state index contributed by atoms with van der Waals surface area (Å²) >= 11 is 0. The molecule has 2 rings (SSSR count). The maximum Gasteiger partial charge on any atom is 0.433 e. The lowest BCUT2D eigenvalue weighted by Gasteiger charge is -2.13. The molecule has 0 spiro atoms. The Morgan fingerprint density at radius 1 is 1.21 bits per heavy atom. The van der Waals surface area contributed by atoms with Crippen LogP contribution >= 0.6 is 0 Å². The van der Waals surface area contributed by atoms with Gasteiger partial charge in [-0.05, 0) is 12.1 Å². The van der Waals surface area contributed by atoms with Gasteiger partial charge in [0.05, 0.1) is 0 Å². The fourth-order valence-corrected chi connectivity index (χ4v) is 1.83. The second-order valence-electron chi connectivity index (χ2n) is 5.16. The molecule has 1 amide bonds. The first-order valence-electron chi connectivity index (χ1n) is 7.08. The Hall–Kier alpha value is -2.71. The molecule has 0 aliphatic heterocycles. The molecule has 0 bridgehead atoms. The molecule has 0 aliphatic carbocycles. The van der Waals surface area contributed by atoms with E-state index in [4.69, 9.17) is 0 Å². The molecular formula is C15H16F3N5O. The van der Waals surface area contributed by atoms with Crippen LogP contribution in [0.4, 0.5) is 19.0 Å². The number of pyridine rings is 1. The van der Waals surface area contributed by atoms with Gasteiger partial charge < -0.3 is 10.2 Å². The average Bonchev–Trinajstić information content (AvgIpc) is 2.54. The molecule has 0 radical (unpaired) electrons. The van der Waals surface area contributed by atoms with Crippen LogP contribution in [0.15, 0.2) is 30.6 Å². The summed E-state index contributed by atoms with van der Waals surface area (Å²) in [5.74, 6) is -0.189. The van der Waals surface area contributed by atoms with E-state index in [9.17, 15) is 18.0 Å². The molecule has 2 heterocycles. The molecule has 0 atom stereocenters. The van der Waals surface area contributed by atoms with Crippen LogP contribution in [-0.4, -0.2) is 46.4 Å². The number of rotatable bonds is 5. The minimum Gasteiger partial charge on any atom is -0.369 e. The second-order valence-corrected chi connectivity index (χ2v) is 5.16. The van der Waals surface area contributed by atoms with Crippen LogP contribution in [0.3, 0.4) is 0 Å². The van der Waals surface area contributed by atoms with Crippen molar-refractivity contribution in [1.82, 2.24) is 19.9 Å². The van der Waals surface area contributed by atoms with E-state index < -0.39 is 11.9 Å². The average molecular weight is 339 g/mol. The molecule has 1 N–H and O–H groups in total. The monoisotopic (exact) mass is 339 g/mol. The van der Waals surface area contributed by atoms with Crippen LogP contribution in [-0.2, 0) is 11.0 Å². The minimum atomic E-state index is -4.60. The fraction of sp³-hybridized carbons (Fsp3) is 0.333. The number of nitrogens with one attached hydrogen (secondary N) is 1. The largest absolute Gasteiger partial charge is 0.433 e. The van der Waals surface area contributed by atoms with E-state index in [-0.39, 0.29) is 30.5 Å². The zero-order valence-corrected chi connectivity index (χ0v) is 13.1. The third-order valence-corrected chi connectivity index (χ3v) is 3.10. The summed E-state index contributed by atoms with van der Waals surface area (Å²) in [6, 6.07) is 3.87. The van der Waals surface area contributed by atoms with Gasteiger partial charge in [-0.1, -0.05) is 0 Å². The Morgan fingerprint density at radius 3 is 2.46 bits per heavy atom. The van der Waals surface area contributed by atoms with Gasteiger partial charge in [0.25, 0.3) is 0 Å². The minimum absolute atomic E-state index is 0.00990. The summed E-state index contributed by atoms with van der Waals surface area (Å²) in [4.78, 5) is 24.4. The van der Waals surface area contributed by atoms with Crippen molar-refractivity contribution in [3.05, 3.63) is 36.3 Å². The van der Waals surface area contributed by atoms with Gasteiger partial charge in [0.15, 0.2) is 11.5 Å². The normalized spacial score (nSPS) is 11.2. The number of halogens is 3. The number of hydrogen-bond donors (Lipinski definition) is 1. The number of carbonyl (C=O) groups excluding carboxylic acids is 1. The summed E-state index contributed by atoms with van der Waals surface area (Å²) in [6.45, 7) is 0.168. The lowest BCUT2D eigenvalue weighted by molar-refractivity contribution is -0.141. The van der Waals surface area contributed by atoms with Crippen LogP contribution in [0, 0.1) is 0 Å². The number of aromatic nitrogens is 3. The summed E-state index contributed by atoms with van der Waals surface area (Å²) in [5.41, 5.74) is -0.630. The second kappa shape index (κ2) is 7.24. The van der Waals surface area contributed by atoms with E-state index >= 15 is 0 Å². The zero-order valence-electron chi connectivity index (χ0n) is 13.1. The van der Waals surface area contributed by atoms with Gasteiger partial charge in [-0.3, -0.25) is 9.78 Å². The first-order valence-corrected chi connectivity index (χ1v) is 7.08. The van der Waals surface area contributed by atoms with Gasteiger partial charge in [0, 0.05) is 51.1 Å². The van der Waals surface area contributed by atoms with Crippen molar-refractivity contribution in [2.75, 3.05) is 26.0 Å². The lowest BCUT2D eigenvalue weighted by atomic mass is 10.2. The Labute approximate surface area is 136 Å². The van der Waals surface area contributed by atoms with Crippen LogP contribution in [0.1, 0.15) is 12.1 Å². The Balaban J connectivity index is 2.25. The highest BCUT2D eigenvalue weighted by molar-refractivity contribution is 5.76. The maximum absolute atomic E-state index is 13.0. The predicted molar refractivity (Wildman–Crippen MR) is 82.1 cm³/mol. The Kier molecular flexibility index (Phi) is 5.32. The maximum atomic E-state index is 13.0. The topological polar surface area (TPSA) is 71.0 Å². The predicted octanol–water partition coefficient (Wildman–Crippen LogP) is 2.45. The number of anilines is 1. The molecular weight excluding hydrogens is 323 g/mol. The summed E-state index contributed by atoms with van der Waals surface area (Å²) in [6.07, 6.45) is -1.56. The zero-order chi connectivity index (χ0) is 17.7. The summed E-state index contributed by atoms with van der Waals surface area (Å²) in [7, 11) is 3.21. The molecule has 24 heavy (non-hydrogen) atoms. The standard InChI is InChI=1S/C15H16F3N5O/c1-23(2)13(24)5-8-20-12-9-11(15(16,17)18)21-14(22-12)10-3-6-19-7-4-10/h3-4,6-7,9H,5,8H2,1-2H3,(H,20,21,22). The van der Waals surface area contributed by atoms with Gasteiger partial charge in [-0.2, -0.15) is 13.2 Å². The summed E-state index contributed by atoms with van der Waals surface area (Å²) < 4.78 is 39.1. The highest BCUT2D eigenvalue weighted by atomic mass is 19.4. The van der Waals surface area contributed by atoms with Crippen LogP contribution in [0.5, 0.6) is 0 Å². The molecule has 0 aliphatic rings. The van der Waals surface area contributed by atoms with Gasteiger partial charge in [0.1, 0.15) is 5.82 Å². The van der Waals surface area contributed by atoms with E-state index in [0.717, 1.165) is 6.07 Å². The molecule has 2 aromatic rings. The molecule has 128 valence electrons. The van der Waals surface area contributed by atoms with Gasteiger partial charge in [0.2, 0.25) is 5.91 Å². The molecule has 6 nitrogen and oxygen atoms in total. The van der Waals surface area contributed by atoms with Crippen molar-refractivity contribution >= 4 is 11.7 Å². The number of alkyl halides is 3. The SMILES string of the molecule is CN(C)C(=O)CCNc1cc(C(F)(F)F)nc(-c2ccncc2)n1. The van der Waals surface area contributed by atoms with E-state index in [1.54, 1.807) is 14.1 Å². The molecule has 2 aromatic heterocycles. The molecule has 0 unspecified atom stereocenters. The van der Waals surface area contributed by atoms with E-state index in [2.05, 4.69) is 20.3 Å². The fourth-order valence-electron chi connectivity index (χ4n) is 1.83. The van der Waals surface area contributed by atoms with Crippen LogP contribution in [0.25, 0.3) is 11.4 Å². The van der Waals surface area contributed by atoms with E-state index in [1.807, 2.05) is 0 Å². The Morgan fingerprint density at radius 2 is 1.88 bits per heavy atom. The molecule has 9 heteroatoms. The molecule has 0 saturated carbocycles. The van der Waals surface area contributed by atoms with Crippen molar-refractivity contribution < 1.29 is 18.0 Å². The molecule has 0 fully saturated rings. The Bertz CT molecular complexity index is 704. The first kappa shape index (κ1) is 17.6. The third-order valence-electron chi connectivity index (χ3n) is 3.10. The first-order chi connectivity index (χ1) is 11.3. The van der Waals surface area contributed by atoms with Crippen LogP contribution in [0.2, 0.25) is 0 Å². The third kappa shape index (κ3) is 4.64. The summed E-state index contributed by atoms with van der Waals surface area (Å²) in [5, 5.41) is 2.74. The highest BCUT2D eigenvalue weighted by Gasteiger charge is 2.33. The van der Waals surface area contributed by atoms with Crippen molar-refractivity contribution in [2.45, 2.75) is 12.6 Å². The number of carbonyl (C=O) groups is 1. The van der Waals surface area contributed by atoms with Gasteiger partial charge in [-0.15, -0.1) is 0 Å². The number of amides is 1. The lowest BCUT2D eigenvalue weighted by Crippen LogP contribution is -2.24.